The van der Waals surface area contributed by atoms with Crippen molar-refractivity contribution in [3.63, 3.8) is 0 Å². The topological polar surface area (TPSA) is 64.6 Å². The quantitative estimate of drug-likeness (QED) is 0.631. The van der Waals surface area contributed by atoms with E-state index in [1.165, 1.54) is 18.4 Å². The van der Waals surface area contributed by atoms with Gasteiger partial charge in [-0.25, -0.2) is 0 Å². The van der Waals surface area contributed by atoms with Crippen LogP contribution in [0.3, 0.4) is 0 Å². The molecular formula is C21H19NO4S. The molecule has 6 heteroatoms. The first-order valence-corrected chi connectivity index (χ1v) is 9.20. The Balaban J connectivity index is 1.83. The molecule has 0 fully saturated rings. The predicted molar refractivity (Wildman–Crippen MR) is 105 cm³/mol. The molecule has 5 nitrogen and oxygen atoms in total. The predicted octanol–water partition coefficient (Wildman–Crippen LogP) is 3.90. The van der Waals surface area contributed by atoms with Crippen LogP contribution >= 0.6 is 11.3 Å². The fourth-order valence-corrected chi connectivity index (χ4v) is 3.45. The molecular weight excluding hydrogens is 362 g/mol. The minimum Gasteiger partial charge on any atom is -0.487 e. The molecule has 1 N–H and O–H groups in total. The van der Waals surface area contributed by atoms with E-state index >= 15 is 0 Å². The van der Waals surface area contributed by atoms with Crippen molar-refractivity contribution >= 4 is 23.2 Å². The minimum absolute atomic E-state index is 0.188. The van der Waals surface area contributed by atoms with E-state index in [-0.39, 0.29) is 12.5 Å². The molecule has 0 bridgehead atoms. The van der Waals surface area contributed by atoms with Crippen molar-refractivity contribution in [2.24, 2.45) is 0 Å². The van der Waals surface area contributed by atoms with Crippen LogP contribution in [0.4, 0.5) is 0 Å². The average Bonchev–Trinajstić information content (AvgIpc) is 3.16. The van der Waals surface area contributed by atoms with Gasteiger partial charge in [0.15, 0.2) is 0 Å². The van der Waals surface area contributed by atoms with E-state index < -0.39 is 5.97 Å². The number of thiophene rings is 1. The Hall–Kier alpha value is -3.12. The van der Waals surface area contributed by atoms with E-state index in [1.807, 2.05) is 66.7 Å². The summed E-state index contributed by atoms with van der Waals surface area (Å²) in [5.74, 6) is -0.379. The second-order valence-corrected chi connectivity index (χ2v) is 6.76. The van der Waals surface area contributed by atoms with Crippen molar-refractivity contribution in [2.75, 3.05) is 13.7 Å². The van der Waals surface area contributed by atoms with Crippen LogP contribution in [-0.4, -0.2) is 25.5 Å². The largest absolute Gasteiger partial charge is 0.487 e. The number of amides is 1. The highest BCUT2D eigenvalue weighted by atomic mass is 32.1. The monoisotopic (exact) mass is 381 g/mol. The number of carbonyl (C=O) groups is 2. The van der Waals surface area contributed by atoms with Crippen LogP contribution in [0.1, 0.15) is 15.2 Å². The van der Waals surface area contributed by atoms with E-state index in [0.29, 0.717) is 17.2 Å². The molecule has 0 saturated carbocycles. The summed E-state index contributed by atoms with van der Waals surface area (Å²) in [5, 5.41) is 2.57. The molecule has 1 aromatic heterocycles. The van der Waals surface area contributed by atoms with Gasteiger partial charge in [-0.05, 0) is 17.2 Å². The Morgan fingerprint density at radius 1 is 1.00 bits per heavy atom. The number of esters is 1. The summed E-state index contributed by atoms with van der Waals surface area (Å²) >= 11 is 1.33. The summed E-state index contributed by atoms with van der Waals surface area (Å²) in [6, 6.07) is 21.4. The maximum atomic E-state index is 12.6. The molecule has 0 saturated heterocycles. The number of benzene rings is 2. The third-order valence-corrected chi connectivity index (χ3v) is 4.98. The van der Waals surface area contributed by atoms with Crippen LogP contribution < -0.4 is 10.1 Å². The molecule has 27 heavy (non-hydrogen) atoms. The maximum Gasteiger partial charge on any atom is 0.325 e. The van der Waals surface area contributed by atoms with Gasteiger partial charge in [-0.1, -0.05) is 60.7 Å². The molecule has 1 heterocycles. The minimum atomic E-state index is -0.505. The number of ether oxygens (including phenoxy) is 2. The lowest BCUT2D eigenvalue weighted by atomic mass is 10.2. The van der Waals surface area contributed by atoms with E-state index in [0.717, 1.165) is 16.0 Å². The number of carbonyl (C=O) groups excluding carboxylic acids is 2. The summed E-state index contributed by atoms with van der Waals surface area (Å²) < 4.78 is 10.5. The van der Waals surface area contributed by atoms with Crippen LogP contribution in [0.2, 0.25) is 0 Å². The number of hydrogen-bond donors (Lipinski definition) is 1. The molecule has 3 rings (SSSR count). The smallest absolute Gasteiger partial charge is 0.325 e. The summed E-state index contributed by atoms with van der Waals surface area (Å²) in [6.45, 7) is 0.162. The highest BCUT2D eigenvalue weighted by Crippen LogP contribution is 2.36. The van der Waals surface area contributed by atoms with E-state index in [1.54, 1.807) is 0 Å². The van der Waals surface area contributed by atoms with Crippen molar-refractivity contribution in [1.29, 1.82) is 0 Å². The first-order chi connectivity index (χ1) is 13.2. The van der Waals surface area contributed by atoms with Gasteiger partial charge in [-0.15, -0.1) is 11.3 Å². The van der Waals surface area contributed by atoms with Gasteiger partial charge in [0.25, 0.3) is 5.91 Å². The Labute approximate surface area is 161 Å². The van der Waals surface area contributed by atoms with Crippen molar-refractivity contribution in [3.05, 3.63) is 77.2 Å². The van der Waals surface area contributed by atoms with E-state index in [4.69, 9.17) is 4.74 Å². The van der Waals surface area contributed by atoms with Gasteiger partial charge in [0.1, 0.15) is 23.8 Å². The lowest BCUT2D eigenvalue weighted by Gasteiger charge is -2.07. The lowest BCUT2D eigenvalue weighted by molar-refractivity contribution is -0.139. The Morgan fingerprint density at radius 2 is 1.67 bits per heavy atom. The Bertz CT molecular complexity index is 906. The number of methoxy groups -OCH3 is 1. The molecule has 0 atom stereocenters. The van der Waals surface area contributed by atoms with Gasteiger partial charge in [-0.2, -0.15) is 0 Å². The normalized spacial score (nSPS) is 10.3. The van der Waals surface area contributed by atoms with Crippen molar-refractivity contribution < 1.29 is 19.1 Å². The molecule has 0 radical (unpaired) electrons. The fraction of sp³-hybridized carbons (Fsp3) is 0.143. The average molecular weight is 381 g/mol. The second-order valence-electron chi connectivity index (χ2n) is 5.70. The molecule has 138 valence electrons. The molecule has 2 aromatic carbocycles. The number of nitrogens with one attached hydrogen (secondary N) is 1. The highest BCUT2D eigenvalue weighted by molar-refractivity contribution is 7.17. The zero-order valence-corrected chi connectivity index (χ0v) is 15.6. The second kappa shape index (κ2) is 9.00. The molecule has 0 unspecified atom stereocenters. The standard InChI is InChI=1S/C21H19NO4S/c1-25-19(23)13-22-21(24)20-17(26-14-15-8-4-2-5-9-15)12-18(27-20)16-10-6-3-7-11-16/h2-12H,13-14H2,1H3,(H,22,24). The van der Waals surface area contributed by atoms with Crippen molar-refractivity contribution in [3.8, 4) is 16.2 Å². The first kappa shape index (κ1) is 18.7. The SMILES string of the molecule is COC(=O)CNC(=O)c1sc(-c2ccccc2)cc1OCc1ccccc1. The fourth-order valence-electron chi connectivity index (χ4n) is 2.42. The Kier molecular flexibility index (Phi) is 6.22. The van der Waals surface area contributed by atoms with E-state index in [9.17, 15) is 9.59 Å². The van der Waals surface area contributed by atoms with Gasteiger partial charge in [0, 0.05) is 4.88 Å². The van der Waals surface area contributed by atoms with Gasteiger partial charge >= 0.3 is 5.97 Å². The molecule has 3 aromatic rings. The highest BCUT2D eigenvalue weighted by Gasteiger charge is 2.19. The van der Waals surface area contributed by atoms with Crippen LogP contribution in [0, 0.1) is 0 Å². The maximum absolute atomic E-state index is 12.6. The van der Waals surface area contributed by atoms with Gasteiger partial charge < -0.3 is 14.8 Å². The summed E-state index contributed by atoms with van der Waals surface area (Å²) in [4.78, 5) is 25.2. The van der Waals surface area contributed by atoms with Gasteiger partial charge in [-0.3, -0.25) is 9.59 Å². The number of rotatable bonds is 7. The van der Waals surface area contributed by atoms with Crippen LogP contribution in [-0.2, 0) is 16.1 Å². The van der Waals surface area contributed by atoms with Gasteiger partial charge in [0.2, 0.25) is 0 Å². The van der Waals surface area contributed by atoms with Crippen LogP contribution in [0.25, 0.3) is 10.4 Å². The van der Waals surface area contributed by atoms with Crippen LogP contribution in [0.5, 0.6) is 5.75 Å². The summed E-state index contributed by atoms with van der Waals surface area (Å²) in [7, 11) is 1.28. The third kappa shape index (κ3) is 4.95. The zero-order valence-electron chi connectivity index (χ0n) is 14.8. The molecule has 0 aliphatic carbocycles. The summed E-state index contributed by atoms with van der Waals surface area (Å²) in [5.41, 5.74) is 2.00. The van der Waals surface area contributed by atoms with Crippen molar-refractivity contribution in [1.82, 2.24) is 5.32 Å². The molecule has 0 aliphatic heterocycles. The lowest BCUT2D eigenvalue weighted by Crippen LogP contribution is -2.29. The molecule has 0 aliphatic rings. The molecule has 0 spiro atoms. The first-order valence-electron chi connectivity index (χ1n) is 8.38. The van der Waals surface area contributed by atoms with Crippen molar-refractivity contribution in [2.45, 2.75) is 6.61 Å². The van der Waals surface area contributed by atoms with E-state index in [2.05, 4.69) is 10.1 Å². The zero-order chi connectivity index (χ0) is 19.1. The number of hydrogen-bond acceptors (Lipinski definition) is 5. The summed E-state index contributed by atoms with van der Waals surface area (Å²) in [6.07, 6.45) is 0. The third-order valence-electron chi connectivity index (χ3n) is 3.82. The Morgan fingerprint density at radius 3 is 2.33 bits per heavy atom. The van der Waals surface area contributed by atoms with Gasteiger partial charge in [0.05, 0.1) is 7.11 Å². The molecule has 1 amide bonds. The van der Waals surface area contributed by atoms with Crippen LogP contribution in [0.15, 0.2) is 66.7 Å².